The first-order chi connectivity index (χ1) is 13.9. The Hall–Kier alpha value is -1.32. The van der Waals surface area contributed by atoms with E-state index in [2.05, 4.69) is 5.32 Å². The van der Waals surface area contributed by atoms with E-state index in [9.17, 15) is 24.9 Å². The molecule has 3 rings (SSSR count). The number of nitrogens with one attached hydrogen (secondary N) is 1. The molecule has 1 saturated heterocycles. The summed E-state index contributed by atoms with van der Waals surface area (Å²) in [6, 6.07) is -0.821. The highest BCUT2D eigenvalue weighted by molar-refractivity contribution is 5.94. The third-order valence-corrected chi connectivity index (χ3v) is 6.37. The van der Waals surface area contributed by atoms with Crippen LogP contribution in [-0.2, 0) is 14.3 Å². The zero-order chi connectivity index (χ0) is 21.0. The molecule has 0 spiro atoms. The zero-order valence-electron chi connectivity index (χ0n) is 16.7. The monoisotopic (exact) mass is 411 g/mol. The number of ether oxygens (including phenoxy) is 1. The topological polar surface area (TPSA) is 140 Å². The first kappa shape index (κ1) is 22.4. The van der Waals surface area contributed by atoms with Crippen molar-refractivity contribution in [2.24, 2.45) is 5.92 Å². The number of carbonyl (C=O) groups is 2. The fraction of sp³-hybridized carbons (Fsp3) is 0.810. The fourth-order valence-electron chi connectivity index (χ4n) is 4.65. The molecule has 2 bridgehead atoms. The number of unbranched alkanes of at least 4 members (excludes halogenated alkanes) is 7. The minimum Gasteiger partial charge on any atom is -0.396 e. The van der Waals surface area contributed by atoms with Crippen molar-refractivity contribution in [2.45, 2.75) is 93.8 Å². The summed E-state index contributed by atoms with van der Waals surface area (Å²) in [4.78, 5) is 24.6. The average molecular weight is 411 g/mol. The molecule has 0 aromatic heterocycles. The molecule has 1 aliphatic heterocycles. The van der Waals surface area contributed by atoms with Crippen LogP contribution in [0.15, 0.2) is 12.2 Å². The predicted octanol–water partition coefficient (Wildman–Crippen LogP) is -0.0366. The van der Waals surface area contributed by atoms with Gasteiger partial charge in [-0.25, -0.2) is 0 Å². The van der Waals surface area contributed by atoms with Crippen molar-refractivity contribution < 1.29 is 34.8 Å². The lowest BCUT2D eigenvalue weighted by Gasteiger charge is -2.46. The lowest BCUT2D eigenvalue weighted by Crippen LogP contribution is -2.69. The van der Waals surface area contributed by atoms with Crippen molar-refractivity contribution in [3.05, 3.63) is 12.2 Å². The third-order valence-electron chi connectivity index (χ3n) is 6.37. The number of aliphatic hydroxyl groups excluding tert-OH is 3. The van der Waals surface area contributed by atoms with Gasteiger partial charge in [0.15, 0.2) is 11.4 Å². The van der Waals surface area contributed by atoms with E-state index in [0.717, 1.165) is 51.4 Å². The number of epoxide rings is 1. The highest BCUT2D eigenvalue weighted by Gasteiger charge is 2.72. The second-order valence-corrected chi connectivity index (χ2v) is 8.53. The summed E-state index contributed by atoms with van der Waals surface area (Å²) in [5, 5.41) is 42.7. The molecule has 0 radical (unpaired) electrons. The number of fused-ring (bicyclic) bond motifs is 4. The Morgan fingerprint density at radius 2 is 1.76 bits per heavy atom. The molecule has 29 heavy (non-hydrogen) atoms. The highest BCUT2D eigenvalue weighted by atomic mass is 16.6. The van der Waals surface area contributed by atoms with Crippen molar-refractivity contribution in [1.82, 2.24) is 5.32 Å². The molecular weight excluding hydrogens is 378 g/mol. The SMILES string of the molecule is O=C(C=CCCCCCCCCCO)N[C@H]1C[C@@]2(O)C(=O)[C@H]([C@H](O)[C@@H]3O[C@@H]32)[C@H]1O. The van der Waals surface area contributed by atoms with Crippen LogP contribution in [0.25, 0.3) is 0 Å². The first-order valence-corrected chi connectivity index (χ1v) is 10.8. The van der Waals surface area contributed by atoms with Crippen molar-refractivity contribution in [3.8, 4) is 0 Å². The molecule has 1 heterocycles. The number of carbonyl (C=O) groups excluding carboxylic acids is 2. The standard InChI is InChI=1S/C21H33NO7/c23-11-9-7-5-3-1-2-4-6-8-10-14(24)22-13-12-21(28)19(27)15(16(13)25)17(26)18-20(21)29-18/h8,10,13,15-18,20,23,25-26,28H,1-7,9,11-12H2,(H,22,24)/t13-,15-,16-,17-,18-,20-,21+/m0/s1. The van der Waals surface area contributed by atoms with Gasteiger partial charge in [-0.15, -0.1) is 0 Å². The smallest absolute Gasteiger partial charge is 0.243 e. The van der Waals surface area contributed by atoms with Gasteiger partial charge in [0.25, 0.3) is 0 Å². The van der Waals surface area contributed by atoms with Crippen LogP contribution < -0.4 is 5.32 Å². The van der Waals surface area contributed by atoms with Crippen LogP contribution in [-0.4, -0.2) is 74.8 Å². The molecule has 5 N–H and O–H groups in total. The lowest BCUT2D eigenvalue weighted by atomic mass is 9.64. The normalized spacial score (nSPS) is 38.1. The van der Waals surface area contributed by atoms with E-state index in [1.165, 1.54) is 6.08 Å². The van der Waals surface area contributed by atoms with Gasteiger partial charge >= 0.3 is 0 Å². The zero-order valence-corrected chi connectivity index (χ0v) is 16.7. The molecule has 7 atom stereocenters. The number of hydrogen-bond acceptors (Lipinski definition) is 7. The van der Waals surface area contributed by atoms with E-state index in [-0.39, 0.29) is 13.0 Å². The molecule has 0 aromatic rings. The minimum absolute atomic E-state index is 0.118. The molecule has 164 valence electrons. The Bertz CT molecular complexity index is 624. The van der Waals surface area contributed by atoms with E-state index in [1.807, 2.05) is 0 Å². The summed E-state index contributed by atoms with van der Waals surface area (Å²) < 4.78 is 5.25. The summed E-state index contributed by atoms with van der Waals surface area (Å²) in [5.74, 6) is -2.14. The Labute approximate surface area is 170 Å². The van der Waals surface area contributed by atoms with Crippen molar-refractivity contribution in [1.29, 1.82) is 0 Å². The number of aliphatic hydroxyl groups is 4. The third kappa shape index (κ3) is 4.88. The van der Waals surface area contributed by atoms with Gasteiger partial charge in [0.2, 0.25) is 5.91 Å². The van der Waals surface area contributed by atoms with Crippen LogP contribution in [0, 0.1) is 5.92 Å². The molecule has 0 aromatic carbocycles. The second kappa shape index (κ2) is 9.66. The quantitative estimate of drug-likeness (QED) is 0.183. The van der Waals surface area contributed by atoms with E-state index < -0.39 is 53.7 Å². The van der Waals surface area contributed by atoms with Crippen molar-refractivity contribution >= 4 is 11.7 Å². The van der Waals surface area contributed by atoms with Gasteiger partial charge < -0.3 is 30.5 Å². The number of rotatable bonds is 11. The first-order valence-electron chi connectivity index (χ1n) is 10.8. The molecule has 1 amide bonds. The van der Waals surface area contributed by atoms with Crippen LogP contribution in [0.1, 0.15) is 57.8 Å². The van der Waals surface area contributed by atoms with Crippen LogP contribution in [0.4, 0.5) is 0 Å². The van der Waals surface area contributed by atoms with Gasteiger partial charge in [-0.05, 0) is 25.3 Å². The Morgan fingerprint density at radius 1 is 1.10 bits per heavy atom. The lowest BCUT2D eigenvalue weighted by molar-refractivity contribution is -0.171. The second-order valence-electron chi connectivity index (χ2n) is 8.53. The minimum atomic E-state index is -1.76. The molecule has 8 heteroatoms. The number of Topliss-reactive ketones (excluding diaryl/α,β-unsaturated/α-hetero) is 1. The molecule has 8 nitrogen and oxygen atoms in total. The van der Waals surface area contributed by atoms with Gasteiger partial charge in [0.1, 0.15) is 12.2 Å². The molecular formula is C21H33NO7. The molecule has 0 unspecified atom stereocenters. The van der Waals surface area contributed by atoms with Crippen LogP contribution in [0.3, 0.4) is 0 Å². The van der Waals surface area contributed by atoms with E-state index in [1.54, 1.807) is 6.08 Å². The van der Waals surface area contributed by atoms with Crippen molar-refractivity contribution in [3.63, 3.8) is 0 Å². The van der Waals surface area contributed by atoms with Gasteiger partial charge in [0, 0.05) is 13.0 Å². The van der Waals surface area contributed by atoms with E-state index in [4.69, 9.17) is 9.84 Å². The Morgan fingerprint density at radius 3 is 2.45 bits per heavy atom. The average Bonchev–Trinajstić information content (AvgIpc) is 3.49. The predicted molar refractivity (Wildman–Crippen MR) is 104 cm³/mol. The van der Waals surface area contributed by atoms with Crippen LogP contribution in [0.5, 0.6) is 0 Å². The van der Waals surface area contributed by atoms with Gasteiger partial charge in [-0.1, -0.05) is 38.2 Å². The van der Waals surface area contributed by atoms with E-state index in [0.29, 0.717) is 0 Å². The summed E-state index contributed by atoms with van der Waals surface area (Å²) in [5.41, 5.74) is -1.76. The largest absolute Gasteiger partial charge is 0.396 e. The summed E-state index contributed by atoms with van der Waals surface area (Å²) >= 11 is 0. The molecule has 3 fully saturated rings. The fourth-order valence-corrected chi connectivity index (χ4v) is 4.65. The molecule has 2 aliphatic carbocycles. The maximum absolute atomic E-state index is 12.4. The maximum atomic E-state index is 12.4. The number of ketones is 1. The maximum Gasteiger partial charge on any atom is 0.243 e. The molecule has 3 aliphatic rings. The Kier molecular flexibility index (Phi) is 7.45. The summed E-state index contributed by atoms with van der Waals surface area (Å²) in [6.07, 6.45) is 7.49. The highest BCUT2D eigenvalue weighted by Crippen LogP contribution is 2.50. The van der Waals surface area contributed by atoms with Crippen molar-refractivity contribution in [2.75, 3.05) is 6.61 Å². The summed E-state index contributed by atoms with van der Waals surface area (Å²) in [7, 11) is 0. The van der Waals surface area contributed by atoms with Gasteiger partial charge in [-0.2, -0.15) is 0 Å². The van der Waals surface area contributed by atoms with Crippen LogP contribution in [0.2, 0.25) is 0 Å². The summed E-state index contributed by atoms with van der Waals surface area (Å²) in [6.45, 7) is 0.260. The number of hydrogen-bond donors (Lipinski definition) is 5. The number of amides is 1. The van der Waals surface area contributed by atoms with Gasteiger partial charge in [-0.3, -0.25) is 9.59 Å². The van der Waals surface area contributed by atoms with Gasteiger partial charge in [0.05, 0.1) is 24.2 Å². The Balaban J connectivity index is 1.38. The molecule has 2 saturated carbocycles. The van der Waals surface area contributed by atoms with E-state index >= 15 is 0 Å². The number of allylic oxidation sites excluding steroid dienone is 1. The van der Waals surface area contributed by atoms with Crippen LogP contribution >= 0.6 is 0 Å².